The van der Waals surface area contributed by atoms with Gasteiger partial charge in [-0.3, -0.25) is 4.99 Å². The maximum atomic E-state index is 12.4. The minimum absolute atomic E-state index is 0. The fourth-order valence-corrected chi connectivity index (χ4v) is 2.51. The summed E-state index contributed by atoms with van der Waals surface area (Å²) < 4.78 is 35.0. The predicted octanol–water partition coefficient (Wildman–Crippen LogP) is 3.14. The van der Waals surface area contributed by atoms with Crippen LogP contribution in [0.25, 0.3) is 0 Å². The van der Waals surface area contributed by atoms with Gasteiger partial charge in [-0.25, -0.2) is 0 Å². The fraction of sp³-hybridized carbons (Fsp3) is 0.562. The lowest BCUT2D eigenvalue weighted by Crippen LogP contribution is -2.45. The van der Waals surface area contributed by atoms with E-state index >= 15 is 0 Å². The van der Waals surface area contributed by atoms with Crippen molar-refractivity contribution < 1.29 is 18.3 Å². The second-order valence-electron chi connectivity index (χ2n) is 5.67. The van der Waals surface area contributed by atoms with Crippen molar-refractivity contribution in [2.24, 2.45) is 4.99 Å². The minimum atomic E-state index is -2.84. The Balaban J connectivity index is 0.00000288. The summed E-state index contributed by atoms with van der Waals surface area (Å²) in [4.78, 5) is 4.14. The maximum Gasteiger partial charge on any atom is 0.387 e. The first kappa shape index (κ1) is 20.9. The molecule has 24 heavy (non-hydrogen) atoms. The number of ether oxygens (including phenoxy) is 2. The van der Waals surface area contributed by atoms with Crippen LogP contribution in [0.4, 0.5) is 8.78 Å². The van der Waals surface area contributed by atoms with Crippen LogP contribution in [0, 0.1) is 0 Å². The molecule has 1 aliphatic heterocycles. The van der Waals surface area contributed by atoms with Gasteiger partial charge in [-0.1, -0.05) is 18.2 Å². The van der Waals surface area contributed by atoms with Crippen molar-refractivity contribution in [3.63, 3.8) is 0 Å². The van der Waals surface area contributed by atoms with E-state index in [1.54, 1.807) is 25.2 Å². The zero-order valence-corrected chi connectivity index (χ0v) is 16.2. The molecular formula is C16H24F2IN3O2. The second kappa shape index (κ2) is 9.97. The van der Waals surface area contributed by atoms with Crippen molar-refractivity contribution in [3.05, 3.63) is 29.8 Å². The number of alkyl halides is 2. The smallest absolute Gasteiger partial charge is 0.387 e. The molecule has 136 valence electrons. The lowest BCUT2D eigenvalue weighted by atomic mass is 10.0. The van der Waals surface area contributed by atoms with Gasteiger partial charge in [0.1, 0.15) is 5.75 Å². The van der Waals surface area contributed by atoms with Gasteiger partial charge in [0.2, 0.25) is 0 Å². The van der Waals surface area contributed by atoms with Crippen LogP contribution in [0.15, 0.2) is 29.3 Å². The molecule has 1 unspecified atom stereocenters. The summed E-state index contributed by atoms with van der Waals surface area (Å²) in [5.74, 6) is 0.755. The Morgan fingerprint density at radius 1 is 1.38 bits per heavy atom. The van der Waals surface area contributed by atoms with E-state index in [0.717, 1.165) is 19.4 Å². The molecule has 1 aromatic rings. The molecular weight excluding hydrogens is 431 g/mol. The molecule has 0 saturated carbocycles. The Morgan fingerprint density at radius 2 is 2.12 bits per heavy atom. The second-order valence-corrected chi connectivity index (χ2v) is 5.67. The highest BCUT2D eigenvalue weighted by molar-refractivity contribution is 14.0. The first-order valence-electron chi connectivity index (χ1n) is 7.63. The number of hydrogen-bond acceptors (Lipinski definition) is 3. The van der Waals surface area contributed by atoms with Crippen LogP contribution in [0.5, 0.6) is 5.75 Å². The molecule has 2 rings (SSSR count). The van der Waals surface area contributed by atoms with E-state index in [1.807, 2.05) is 0 Å². The van der Waals surface area contributed by atoms with Crippen molar-refractivity contribution in [1.82, 2.24) is 10.6 Å². The molecule has 1 atom stereocenters. The Kier molecular flexibility index (Phi) is 8.68. The summed E-state index contributed by atoms with van der Waals surface area (Å²) in [5.41, 5.74) is 0.452. The first-order valence-corrected chi connectivity index (χ1v) is 7.63. The van der Waals surface area contributed by atoms with Crippen LogP contribution in [0.1, 0.15) is 25.3 Å². The number of aliphatic imine (C=N–C) groups is 1. The molecule has 1 fully saturated rings. The molecule has 0 radical (unpaired) electrons. The molecule has 0 aliphatic carbocycles. The lowest BCUT2D eigenvalue weighted by molar-refractivity contribution is -0.0504. The van der Waals surface area contributed by atoms with E-state index in [1.165, 1.54) is 6.07 Å². The number of rotatable bonds is 6. The Bertz CT molecular complexity index is 538. The van der Waals surface area contributed by atoms with Gasteiger partial charge in [-0.05, 0) is 25.8 Å². The molecule has 1 aromatic carbocycles. The van der Waals surface area contributed by atoms with Gasteiger partial charge in [0.15, 0.2) is 5.96 Å². The summed E-state index contributed by atoms with van der Waals surface area (Å²) in [5, 5.41) is 6.31. The van der Waals surface area contributed by atoms with E-state index < -0.39 is 6.61 Å². The standard InChI is InChI=1S/C16H23F2N3O2.HI/c1-16(8-5-9-22-16)11-21-15(19-2)20-10-12-6-3-4-7-13(12)23-14(17)18;/h3-4,6-7,14H,5,8-11H2,1-2H3,(H2,19,20,21);1H. The number of nitrogens with one attached hydrogen (secondary N) is 2. The maximum absolute atomic E-state index is 12.4. The number of nitrogens with zero attached hydrogens (tertiary/aromatic N) is 1. The molecule has 1 aliphatic rings. The summed E-state index contributed by atoms with van der Waals surface area (Å²) >= 11 is 0. The third-order valence-corrected chi connectivity index (χ3v) is 3.79. The Labute approximate surface area is 158 Å². The van der Waals surface area contributed by atoms with Crippen LogP contribution in [-0.2, 0) is 11.3 Å². The van der Waals surface area contributed by atoms with Crippen LogP contribution < -0.4 is 15.4 Å². The summed E-state index contributed by atoms with van der Waals surface area (Å²) in [6.07, 6.45) is 2.06. The highest BCUT2D eigenvalue weighted by Crippen LogP contribution is 2.24. The van der Waals surface area contributed by atoms with Gasteiger partial charge < -0.3 is 20.1 Å². The number of guanidine groups is 1. The largest absolute Gasteiger partial charge is 0.434 e. The van der Waals surface area contributed by atoms with Gasteiger partial charge in [0.05, 0.1) is 5.60 Å². The van der Waals surface area contributed by atoms with Crippen molar-refractivity contribution in [1.29, 1.82) is 0 Å². The number of halogens is 3. The predicted molar refractivity (Wildman–Crippen MR) is 100 cm³/mol. The van der Waals surface area contributed by atoms with Crippen molar-refractivity contribution in [2.45, 2.75) is 38.5 Å². The molecule has 1 saturated heterocycles. The zero-order valence-electron chi connectivity index (χ0n) is 13.9. The van der Waals surface area contributed by atoms with Gasteiger partial charge >= 0.3 is 6.61 Å². The van der Waals surface area contributed by atoms with Gasteiger partial charge in [-0.2, -0.15) is 8.78 Å². The van der Waals surface area contributed by atoms with Crippen molar-refractivity contribution in [2.75, 3.05) is 20.2 Å². The average Bonchev–Trinajstić information content (AvgIpc) is 2.95. The van der Waals surface area contributed by atoms with E-state index in [4.69, 9.17) is 4.74 Å². The van der Waals surface area contributed by atoms with E-state index in [2.05, 4.69) is 27.3 Å². The molecule has 0 bridgehead atoms. The van der Waals surface area contributed by atoms with Crippen LogP contribution in [0.3, 0.4) is 0 Å². The van der Waals surface area contributed by atoms with E-state index in [0.29, 0.717) is 24.6 Å². The molecule has 0 amide bonds. The van der Waals surface area contributed by atoms with E-state index in [9.17, 15) is 8.78 Å². The molecule has 1 heterocycles. The summed E-state index contributed by atoms with van der Waals surface area (Å²) in [6, 6.07) is 6.69. The average molecular weight is 455 g/mol. The van der Waals surface area contributed by atoms with Crippen LogP contribution in [-0.4, -0.2) is 38.4 Å². The number of benzene rings is 1. The van der Waals surface area contributed by atoms with Gasteiger partial charge in [-0.15, -0.1) is 24.0 Å². The monoisotopic (exact) mass is 455 g/mol. The highest BCUT2D eigenvalue weighted by Gasteiger charge is 2.29. The van der Waals surface area contributed by atoms with E-state index in [-0.39, 0.29) is 35.3 Å². The van der Waals surface area contributed by atoms with Gasteiger partial charge in [0.25, 0.3) is 0 Å². The topological polar surface area (TPSA) is 54.9 Å². The first-order chi connectivity index (χ1) is 11.0. The van der Waals surface area contributed by atoms with Crippen molar-refractivity contribution in [3.8, 4) is 5.75 Å². The summed E-state index contributed by atoms with van der Waals surface area (Å²) in [7, 11) is 1.66. The van der Waals surface area contributed by atoms with Crippen molar-refractivity contribution >= 4 is 29.9 Å². The van der Waals surface area contributed by atoms with Crippen LogP contribution >= 0.6 is 24.0 Å². The Hall–Kier alpha value is -1.16. The molecule has 5 nitrogen and oxygen atoms in total. The normalized spacial score (nSPS) is 20.6. The molecule has 0 spiro atoms. The fourth-order valence-electron chi connectivity index (χ4n) is 2.51. The van der Waals surface area contributed by atoms with Gasteiger partial charge in [0, 0.05) is 32.3 Å². The summed E-state index contributed by atoms with van der Waals surface area (Å²) in [6.45, 7) is 0.976. The van der Waals surface area contributed by atoms with Crippen LogP contribution in [0.2, 0.25) is 0 Å². The number of para-hydroxylation sites is 1. The molecule has 2 N–H and O–H groups in total. The zero-order chi connectivity index (χ0) is 16.7. The minimum Gasteiger partial charge on any atom is -0.434 e. The Morgan fingerprint density at radius 3 is 2.75 bits per heavy atom. The highest BCUT2D eigenvalue weighted by atomic mass is 127. The quantitative estimate of drug-likeness (QED) is 0.393. The lowest BCUT2D eigenvalue weighted by Gasteiger charge is -2.24. The number of hydrogen-bond donors (Lipinski definition) is 2. The third-order valence-electron chi connectivity index (χ3n) is 3.79. The SMILES string of the molecule is CN=C(NCc1ccccc1OC(F)F)NCC1(C)CCCO1.I. The molecule has 0 aromatic heterocycles. The third kappa shape index (κ3) is 6.39. The molecule has 8 heteroatoms.